The third-order valence-electron chi connectivity index (χ3n) is 1.51. The fourth-order valence-corrected chi connectivity index (χ4v) is 0.773. The normalized spacial score (nSPS) is 12.8. The summed E-state index contributed by atoms with van der Waals surface area (Å²) in [5, 5.41) is 0. The van der Waals surface area contributed by atoms with Crippen LogP contribution in [0.3, 0.4) is 0 Å². The van der Waals surface area contributed by atoms with Gasteiger partial charge in [-0.2, -0.15) is 0 Å². The van der Waals surface area contributed by atoms with Crippen LogP contribution in [0, 0.1) is 0 Å². The van der Waals surface area contributed by atoms with E-state index in [2.05, 4.69) is 4.98 Å². The molecule has 5 heteroatoms. The standard InChI is InChI=1S/C6H9N3O2/c1-4(5(7)10)9-3-2-8-6(9)11/h2-4H,1H3,(H2,7,10)(H,8,11). The molecule has 1 rings (SSSR count). The van der Waals surface area contributed by atoms with Crippen LogP contribution in [0.2, 0.25) is 0 Å². The van der Waals surface area contributed by atoms with Crippen molar-refractivity contribution in [3.05, 3.63) is 22.9 Å². The number of hydrogen-bond donors (Lipinski definition) is 2. The highest BCUT2D eigenvalue weighted by atomic mass is 16.2. The first-order valence-corrected chi connectivity index (χ1v) is 3.17. The Labute approximate surface area is 62.8 Å². The largest absolute Gasteiger partial charge is 0.368 e. The molecule has 0 aliphatic carbocycles. The number of aromatic nitrogens is 2. The van der Waals surface area contributed by atoms with Gasteiger partial charge in [0.25, 0.3) is 0 Å². The summed E-state index contributed by atoms with van der Waals surface area (Å²) in [5.41, 5.74) is 4.66. The maximum absolute atomic E-state index is 10.9. The maximum Gasteiger partial charge on any atom is 0.326 e. The van der Waals surface area contributed by atoms with Crippen LogP contribution in [0.4, 0.5) is 0 Å². The van der Waals surface area contributed by atoms with Crippen molar-refractivity contribution >= 4 is 5.91 Å². The summed E-state index contributed by atoms with van der Waals surface area (Å²) in [6.45, 7) is 1.57. The van der Waals surface area contributed by atoms with Crippen LogP contribution in [-0.2, 0) is 4.79 Å². The fourth-order valence-electron chi connectivity index (χ4n) is 0.773. The third kappa shape index (κ3) is 1.31. The molecule has 1 aromatic heterocycles. The van der Waals surface area contributed by atoms with Gasteiger partial charge in [-0.1, -0.05) is 0 Å². The van der Waals surface area contributed by atoms with Crippen molar-refractivity contribution in [3.63, 3.8) is 0 Å². The van der Waals surface area contributed by atoms with E-state index < -0.39 is 11.9 Å². The van der Waals surface area contributed by atoms with Crippen LogP contribution < -0.4 is 11.4 Å². The predicted octanol–water partition coefficient (Wildman–Crippen LogP) is -0.777. The van der Waals surface area contributed by atoms with E-state index in [1.807, 2.05) is 0 Å². The van der Waals surface area contributed by atoms with E-state index in [1.165, 1.54) is 17.0 Å². The van der Waals surface area contributed by atoms with E-state index in [9.17, 15) is 9.59 Å². The lowest BCUT2D eigenvalue weighted by molar-refractivity contribution is -0.120. The molecule has 0 saturated heterocycles. The third-order valence-corrected chi connectivity index (χ3v) is 1.51. The van der Waals surface area contributed by atoms with Gasteiger partial charge < -0.3 is 10.7 Å². The number of hydrogen-bond acceptors (Lipinski definition) is 2. The van der Waals surface area contributed by atoms with E-state index in [1.54, 1.807) is 6.92 Å². The van der Waals surface area contributed by atoms with Crippen LogP contribution in [0.5, 0.6) is 0 Å². The zero-order valence-corrected chi connectivity index (χ0v) is 6.07. The monoisotopic (exact) mass is 155 g/mol. The van der Waals surface area contributed by atoms with Crippen LogP contribution in [0.15, 0.2) is 17.2 Å². The molecule has 1 atom stereocenters. The van der Waals surface area contributed by atoms with Gasteiger partial charge in [-0.05, 0) is 6.92 Å². The van der Waals surface area contributed by atoms with Crippen LogP contribution >= 0.6 is 0 Å². The Morgan fingerprint density at radius 1 is 1.82 bits per heavy atom. The number of nitrogens with zero attached hydrogens (tertiary/aromatic N) is 1. The number of imidazole rings is 1. The Balaban J connectivity index is 3.02. The van der Waals surface area contributed by atoms with Crippen molar-refractivity contribution in [2.45, 2.75) is 13.0 Å². The van der Waals surface area contributed by atoms with E-state index in [0.717, 1.165) is 0 Å². The Bertz CT molecular complexity index is 312. The summed E-state index contributed by atoms with van der Waals surface area (Å²) >= 11 is 0. The van der Waals surface area contributed by atoms with E-state index >= 15 is 0 Å². The molecule has 0 fully saturated rings. The van der Waals surface area contributed by atoms with Crippen molar-refractivity contribution < 1.29 is 4.79 Å². The topological polar surface area (TPSA) is 80.9 Å². The zero-order chi connectivity index (χ0) is 8.43. The van der Waals surface area contributed by atoms with Gasteiger partial charge in [-0.25, -0.2) is 4.79 Å². The van der Waals surface area contributed by atoms with E-state index in [4.69, 9.17) is 5.73 Å². The summed E-state index contributed by atoms with van der Waals surface area (Å²) in [6, 6.07) is -0.589. The highest BCUT2D eigenvalue weighted by Gasteiger charge is 2.11. The average Bonchev–Trinajstić information content (AvgIpc) is 2.33. The summed E-state index contributed by atoms with van der Waals surface area (Å²) in [6.07, 6.45) is 2.94. The van der Waals surface area contributed by atoms with E-state index in [-0.39, 0.29) is 5.69 Å². The molecule has 1 aromatic rings. The molecule has 60 valence electrons. The Hall–Kier alpha value is -1.52. The molecule has 5 nitrogen and oxygen atoms in total. The number of nitrogens with two attached hydrogens (primary N) is 1. The zero-order valence-electron chi connectivity index (χ0n) is 6.07. The van der Waals surface area contributed by atoms with Crippen LogP contribution in [0.25, 0.3) is 0 Å². The molecule has 1 unspecified atom stereocenters. The molecule has 0 bridgehead atoms. The Morgan fingerprint density at radius 2 is 2.45 bits per heavy atom. The van der Waals surface area contributed by atoms with Gasteiger partial charge in [0.05, 0.1) is 0 Å². The first kappa shape index (κ1) is 7.59. The summed E-state index contributed by atoms with van der Waals surface area (Å²) in [4.78, 5) is 23.9. The fraction of sp³-hybridized carbons (Fsp3) is 0.333. The smallest absolute Gasteiger partial charge is 0.326 e. The van der Waals surface area contributed by atoms with Gasteiger partial charge in [-0.15, -0.1) is 0 Å². The molecule has 1 amide bonds. The van der Waals surface area contributed by atoms with Crippen LogP contribution in [-0.4, -0.2) is 15.5 Å². The first-order valence-electron chi connectivity index (χ1n) is 3.17. The van der Waals surface area contributed by atoms with Crippen molar-refractivity contribution in [2.75, 3.05) is 0 Å². The highest BCUT2D eigenvalue weighted by Crippen LogP contribution is 1.97. The number of aromatic amines is 1. The van der Waals surface area contributed by atoms with E-state index in [0.29, 0.717) is 0 Å². The number of nitrogens with one attached hydrogen (secondary N) is 1. The molecule has 1 heterocycles. The Morgan fingerprint density at radius 3 is 2.82 bits per heavy atom. The first-order chi connectivity index (χ1) is 5.13. The van der Waals surface area contributed by atoms with Crippen LogP contribution in [0.1, 0.15) is 13.0 Å². The molecular weight excluding hydrogens is 146 g/mol. The molecule has 0 spiro atoms. The van der Waals surface area contributed by atoms with Gasteiger partial charge in [0.1, 0.15) is 6.04 Å². The molecule has 0 aliphatic rings. The van der Waals surface area contributed by atoms with Gasteiger partial charge in [0, 0.05) is 12.4 Å². The van der Waals surface area contributed by atoms with Gasteiger partial charge >= 0.3 is 5.69 Å². The predicted molar refractivity (Wildman–Crippen MR) is 39.0 cm³/mol. The number of primary amides is 1. The van der Waals surface area contributed by atoms with Gasteiger partial charge in [-0.3, -0.25) is 9.36 Å². The number of amides is 1. The lowest BCUT2D eigenvalue weighted by Gasteiger charge is -2.05. The number of rotatable bonds is 2. The number of H-pyrrole nitrogens is 1. The SMILES string of the molecule is CC(C(N)=O)n1cc[nH]c1=O. The second-order valence-electron chi connectivity index (χ2n) is 2.25. The molecule has 11 heavy (non-hydrogen) atoms. The second kappa shape index (κ2) is 2.61. The minimum atomic E-state index is -0.589. The van der Waals surface area contributed by atoms with Crippen molar-refractivity contribution in [2.24, 2.45) is 5.73 Å². The molecule has 0 aliphatic heterocycles. The van der Waals surface area contributed by atoms with Crippen molar-refractivity contribution in [1.82, 2.24) is 9.55 Å². The highest BCUT2D eigenvalue weighted by molar-refractivity contribution is 5.77. The quantitative estimate of drug-likeness (QED) is 0.587. The Kier molecular flexibility index (Phi) is 1.80. The lowest BCUT2D eigenvalue weighted by atomic mass is 10.3. The second-order valence-corrected chi connectivity index (χ2v) is 2.25. The minimum Gasteiger partial charge on any atom is -0.368 e. The summed E-state index contributed by atoms with van der Waals surface area (Å²) in [5.74, 6) is -0.522. The number of carbonyl (C=O) groups excluding carboxylic acids is 1. The van der Waals surface area contributed by atoms with Crippen molar-refractivity contribution in [3.8, 4) is 0 Å². The molecule has 3 N–H and O–H groups in total. The lowest BCUT2D eigenvalue weighted by Crippen LogP contribution is -2.30. The van der Waals surface area contributed by atoms with Gasteiger partial charge in [0.15, 0.2) is 0 Å². The molecule has 0 aromatic carbocycles. The minimum absolute atomic E-state index is 0.323. The molecular formula is C6H9N3O2. The molecule has 0 radical (unpaired) electrons. The maximum atomic E-state index is 10.9. The summed E-state index contributed by atoms with van der Waals surface area (Å²) in [7, 11) is 0. The van der Waals surface area contributed by atoms with Gasteiger partial charge in [0.2, 0.25) is 5.91 Å². The number of carbonyl (C=O) groups is 1. The average molecular weight is 155 g/mol. The summed E-state index contributed by atoms with van der Waals surface area (Å²) < 4.78 is 1.24. The van der Waals surface area contributed by atoms with Crippen molar-refractivity contribution in [1.29, 1.82) is 0 Å². The molecule has 0 saturated carbocycles.